The summed E-state index contributed by atoms with van der Waals surface area (Å²) in [5, 5.41) is 0. The van der Waals surface area contributed by atoms with Crippen LogP contribution in [0.4, 0.5) is 0 Å². The first-order valence-corrected chi connectivity index (χ1v) is 7.73. The van der Waals surface area contributed by atoms with Crippen LogP contribution in [-0.4, -0.2) is 36.2 Å². The minimum Gasteiger partial charge on any atom is -0.494 e. The minimum atomic E-state index is 0.0671. The molecule has 0 bridgehead atoms. The third-order valence-electron chi connectivity index (χ3n) is 3.46. The summed E-state index contributed by atoms with van der Waals surface area (Å²) in [5.41, 5.74) is 1.06. The van der Waals surface area contributed by atoms with Gasteiger partial charge in [-0.25, -0.2) is 0 Å². The molecule has 0 atom stereocenters. The normalized spacial score (nSPS) is 14.3. The maximum atomic E-state index is 12.4. The highest BCUT2D eigenvalue weighted by Crippen LogP contribution is 2.30. The van der Waals surface area contributed by atoms with Crippen LogP contribution in [0.15, 0.2) is 24.3 Å². The molecule has 0 aliphatic heterocycles. The Kier molecular flexibility index (Phi) is 5.62. The van der Waals surface area contributed by atoms with E-state index in [9.17, 15) is 4.79 Å². The maximum absolute atomic E-state index is 12.4. The summed E-state index contributed by atoms with van der Waals surface area (Å²) in [7, 11) is 0. The Hall–Kier alpha value is -1.55. The Morgan fingerprint density at radius 2 is 2.05 bits per heavy atom. The van der Waals surface area contributed by atoms with E-state index in [0.717, 1.165) is 24.2 Å². The molecule has 0 spiro atoms. The number of rotatable bonds is 8. The average Bonchev–Trinajstić information content (AvgIpc) is 3.28. The van der Waals surface area contributed by atoms with Crippen LogP contribution >= 0.6 is 0 Å². The summed E-state index contributed by atoms with van der Waals surface area (Å²) in [6, 6.07) is 8.29. The van der Waals surface area contributed by atoms with Crippen LogP contribution in [0, 0.1) is 0 Å². The van der Waals surface area contributed by atoms with Crippen molar-refractivity contribution < 1.29 is 14.3 Å². The van der Waals surface area contributed by atoms with E-state index in [2.05, 4.69) is 0 Å². The molecule has 116 valence electrons. The molecule has 2 rings (SSSR count). The van der Waals surface area contributed by atoms with Crippen molar-refractivity contribution in [2.24, 2.45) is 0 Å². The number of para-hydroxylation sites is 1. The number of benzene rings is 1. The predicted molar refractivity (Wildman–Crippen MR) is 82.3 cm³/mol. The van der Waals surface area contributed by atoms with Gasteiger partial charge in [0.05, 0.1) is 12.7 Å². The van der Waals surface area contributed by atoms with E-state index in [0.29, 0.717) is 19.2 Å². The molecule has 0 aromatic heterocycles. The SMILES string of the molecule is CCOc1ccccc1CN(C(=O)COC(C)C)C1CC1. The molecule has 0 N–H and O–H groups in total. The zero-order valence-electron chi connectivity index (χ0n) is 13.2. The molecule has 4 heteroatoms. The van der Waals surface area contributed by atoms with E-state index in [-0.39, 0.29) is 18.6 Å². The quantitative estimate of drug-likeness (QED) is 0.739. The molecular weight excluding hydrogens is 266 g/mol. The smallest absolute Gasteiger partial charge is 0.249 e. The lowest BCUT2D eigenvalue weighted by Gasteiger charge is -2.24. The zero-order chi connectivity index (χ0) is 15.2. The molecule has 1 fully saturated rings. The summed E-state index contributed by atoms with van der Waals surface area (Å²) in [6.45, 7) is 7.24. The van der Waals surface area contributed by atoms with Gasteiger partial charge in [-0.2, -0.15) is 0 Å². The Labute approximate surface area is 127 Å². The fraction of sp³-hybridized carbons (Fsp3) is 0.588. The van der Waals surface area contributed by atoms with Crippen LogP contribution in [0.5, 0.6) is 5.75 Å². The van der Waals surface area contributed by atoms with E-state index in [4.69, 9.17) is 9.47 Å². The summed E-state index contributed by atoms with van der Waals surface area (Å²) in [5.74, 6) is 0.931. The van der Waals surface area contributed by atoms with Crippen molar-refractivity contribution in [3.63, 3.8) is 0 Å². The predicted octanol–water partition coefficient (Wildman–Crippen LogP) is 3.00. The molecule has 4 nitrogen and oxygen atoms in total. The Bertz CT molecular complexity index is 469. The van der Waals surface area contributed by atoms with Crippen molar-refractivity contribution in [3.05, 3.63) is 29.8 Å². The van der Waals surface area contributed by atoms with Crippen LogP contribution in [-0.2, 0) is 16.1 Å². The van der Waals surface area contributed by atoms with Gasteiger partial charge >= 0.3 is 0 Å². The van der Waals surface area contributed by atoms with Gasteiger partial charge in [-0.15, -0.1) is 0 Å². The second kappa shape index (κ2) is 7.46. The molecule has 1 amide bonds. The van der Waals surface area contributed by atoms with Gasteiger partial charge in [-0.3, -0.25) is 4.79 Å². The van der Waals surface area contributed by atoms with Crippen molar-refractivity contribution >= 4 is 5.91 Å². The number of hydrogen-bond acceptors (Lipinski definition) is 3. The molecule has 1 aliphatic carbocycles. The summed E-state index contributed by atoms with van der Waals surface area (Å²) in [6.07, 6.45) is 2.25. The van der Waals surface area contributed by atoms with Crippen molar-refractivity contribution in [3.8, 4) is 5.75 Å². The van der Waals surface area contributed by atoms with Gasteiger partial charge in [0.25, 0.3) is 0 Å². The van der Waals surface area contributed by atoms with Gasteiger partial charge in [0, 0.05) is 18.2 Å². The van der Waals surface area contributed by atoms with Gasteiger partial charge in [0.2, 0.25) is 5.91 Å². The van der Waals surface area contributed by atoms with Crippen LogP contribution in [0.1, 0.15) is 39.2 Å². The molecule has 0 saturated heterocycles. The number of carbonyl (C=O) groups excluding carboxylic acids is 1. The molecule has 1 aromatic carbocycles. The van der Waals surface area contributed by atoms with E-state index >= 15 is 0 Å². The van der Waals surface area contributed by atoms with E-state index in [1.54, 1.807) is 0 Å². The van der Waals surface area contributed by atoms with Crippen LogP contribution in [0.25, 0.3) is 0 Å². The second-order valence-corrected chi connectivity index (χ2v) is 5.65. The van der Waals surface area contributed by atoms with Gasteiger partial charge < -0.3 is 14.4 Å². The van der Waals surface area contributed by atoms with Crippen LogP contribution in [0.2, 0.25) is 0 Å². The fourth-order valence-corrected chi connectivity index (χ4v) is 2.24. The van der Waals surface area contributed by atoms with E-state index in [1.807, 2.05) is 49.9 Å². The largest absolute Gasteiger partial charge is 0.494 e. The second-order valence-electron chi connectivity index (χ2n) is 5.65. The molecular formula is C17H25NO3. The Morgan fingerprint density at radius 1 is 1.33 bits per heavy atom. The van der Waals surface area contributed by atoms with Gasteiger partial charge in [-0.1, -0.05) is 18.2 Å². The van der Waals surface area contributed by atoms with Crippen molar-refractivity contribution in [1.82, 2.24) is 4.90 Å². The van der Waals surface area contributed by atoms with Crippen LogP contribution in [0.3, 0.4) is 0 Å². The number of amides is 1. The molecule has 0 heterocycles. The third kappa shape index (κ3) is 4.74. The summed E-state index contributed by atoms with van der Waals surface area (Å²) < 4.78 is 11.1. The Morgan fingerprint density at radius 3 is 2.67 bits per heavy atom. The van der Waals surface area contributed by atoms with E-state index in [1.165, 1.54) is 0 Å². The van der Waals surface area contributed by atoms with Gasteiger partial charge in [0.1, 0.15) is 12.4 Å². The Balaban J connectivity index is 2.04. The standard InChI is InChI=1S/C17H25NO3/c1-4-20-16-8-6-5-7-14(16)11-18(15-9-10-15)17(19)12-21-13(2)3/h5-8,13,15H,4,9-12H2,1-3H3. The highest BCUT2D eigenvalue weighted by Gasteiger charge is 2.33. The van der Waals surface area contributed by atoms with E-state index < -0.39 is 0 Å². The number of ether oxygens (including phenoxy) is 2. The molecule has 0 unspecified atom stereocenters. The molecule has 1 aliphatic rings. The fourth-order valence-electron chi connectivity index (χ4n) is 2.24. The monoisotopic (exact) mass is 291 g/mol. The summed E-state index contributed by atoms with van der Waals surface area (Å²) in [4.78, 5) is 14.3. The van der Waals surface area contributed by atoms with Gasteiger partial charge in [0.15, 0.2) is 0 Å². The first-order valence-electron chi connectivity index (χ1n) is 7.73. The lowest BCUT2D eigenvalue weighted by atomic mass is 10.2. The topological polar surface area (TPSA) is 38.8 Å². The van der Waals surface area contributed by atoms with Crippen molar-refractivity contribution in [2.75, 3.05) is 13.2 Å². The molecule has 1 aromatic rings. The lowest BCUT2D eigenvalue weighted by Crippen LogP contribution is -2.36. The third-order valence-corrected chi connectivity index (χ3v) is 3.46. The first-order chi connectivity index (χ1) is 10.1. The van der Waals surface area contributed by atoms with Crippen molar-refractivity contribution in [2.45, 2.75) is 52.3 Å². The average molecular weight is 291 g/mol. The van der Waals surface area contributed by atoms with Crippen molar-refractivity contribution in [1.29, 1.82) is 0 Å². The minimum absolute atomic E-state index is 0.0671. The first kappa shape index (κ1) is 15.8. The number of hydrogen-bond donors (Lipinski definition) is 0. The highest BCUT2D eigenvalue weighted by molar-refractivity contribution is 5.78. The zero-order valence-corrected chi connectivity index (χ0v) is 13.2. The summed E-state index contributed by atoms with van der Waals surface area (Å²) >= 11 is 0. The number of carbonyl (C=O) groups is 1. The lowest BCUT2D eigenvalue weighted by molar-refractivity contribution is -0.138. The molecule has 0 radical (unpaired) electrons. The number of nitrogens with zero attached hydrogens (tertiary/aromatic N) is 1. The molecule has 21 heavy (non-hydrogen) atoms. The molecule has 1 saturated carbocycles. The van der Waals surface area contributed by atoms with Gasteiger partial charge in [-0.05, 0) is 39.7 Å². The highest BCUT2D eigenvalue weighted by atomic mass is 16.5. The van der Waals surface area contributed by atoms with Crippen LogP contribution < -0.4 is 4.74 Å². The maximum Gasteiger partial charge on any atom is 0.249 e.